The van der Waals surface area contributed by atoms with Crippen LogP contribution in [0.15, 0.2) is 48.5 Å². The van der Waals surface area contributed by atoms with Gasteiger partial charge in [0, 0.05) is 37.0 Å². The normalized spacial score (nSPS) is 10.0. The van der Waals surface area contributed by atoms with E-state index in [0.29, 0.717) is 12.2 Å². The van der Waals surface area contributed by atoms with E-state index in [4.69, 9.17) is 9.47 Å². The van der Waals surface area contributed by atoms with E-state index < -0.39 is 35.8 Å². The Morgan fingerprint density at radius 2 is 1.82 bits per heavy atom. The van der Waals surface area contributed by atoms with Crippen molar-refractivity contribution in [3.63, 3.8) is 0 Å². The largest absolute Gasteiger partial charge is 0.482 e. The van der Waals surface area contributed by atoms with Gasteiger partial charge in [-0.3, -0.25) is 14.9 Å². The lowest BCUT2D eigenvalue weighted by atomic mass is 10.3. The van der Waals surface area contributed by atoms with Gasteiger partial charge in [-0.1, -0.05) is 6.07 Å². The molecular weight excluding hydrogens is 373 g/mol. The van der Waals surface area contributed by atoms with Crippen molar-refractivity contribution in [3.05, 3.63) is 64.5 Å². The van der Waals surface area contributed by atoms with Crippen LogP contribution in [0.1, 0.15) is 0 Å². The number of ether oxygens (including phenoxy) is 2. The summed E-state index contributed by atoms with van der Waals surface area (Å²) < 4.78 is 22.8. The fraction of sp³-hybridized carbons (Fsp3) is 0.222. The molecular formula is C18H18FN3O6. The van der Waals surface area contributed by atoms with Gasteiger partial charge >= 0.3 is 5.97 Å². The third kappa shape index (κ3) is 7.28. The zero-order chi connectivity index (χ0) is 20.4. The minimum absolute atomic E-state index is 0.0120. The second-order valence-electron chi connectivity index (χ2n) is 5.49. The van der Waals surface area contributed by atoms with Crippen LogP contribution in [0.25, 0.3) is 0 Å². The molecule has 0 heterocycles. The quantitative estimate of drug-likeness (QED) is 0.275. The van der Waals surface area contributed by atoms with Crippen LogP contribution in [0.4, 0.5) is 15.8 Å². The number of carbonyl (C=O) groups excluding carboxylic acids is 2. The second kappa shape index (κ2) is 10.5. The SMILES string of the molecule is O=C(COC(=O)COc1cccc(F)c1)NCCNc1ccc([N+](=O)[O-])cc1. The molecule has 2 aromatic carbocycles. The number of halogens is 1. The fourth-order valence-corrected chi connectivity index (χ4v) is 2.05. The molecule has 0 bridgehead atoms. The molecule has 0 aliphatic heterocycles. The van der Waals surface area contributed by atoms with Gasteiger partial charge in [0.15, 0.2) is 13.2 Å². The summed E-state index contributed by atoms with van der Waals surface area (Å²) in [6.45, 7) is -0.283. The number of carbonyl (C=O) groups is 2. The average Bonchev–Trinajstić information content (AvgIpc) is 2.68. The minimum atomic E-state index is -0.761. The van der Waals surface area contributed by atoms with Crippen LogP contribution in [0, 0.1) is 15.9 Å². The van der Waals surface area contributed by atoms with Gasteiger partial charge in [0.2, 0.25) is 0 Å². The Morgan fingerprint density at radius 1 is 1.07 bits per heavy atom. The summed E-state index contributed by atoms with van der Waals surface area (Å²) in [7, 11) is 0. The van der Waals surface area contributed by atoms with E-state index in [9.17, 15) is 24.1 Å². The first-order valence-electron chi connectivity index (χ1n) is 8.23. The molecule has 2 N–H and O–H groups in total. The molecule has 0 saturated heterocycles. The van der Waals surface area contributed by atoms with E-state index in [1.807, 2.05) is 0 Å². The van der Waals surface area contributed by atoms with Crippen LogP contribution in [-0.2, 0) is 14.3 Å². The number of non-ortho nitro benzene ring substituents is 1. The monoisotopic (exact) mass is 391 g/mol. The lowest BCUT2D eigenvalue weighted by molar-refractivity contribution is -0.384. The number of rotatable bonds is 10. The van der Waals surface area contributed by atoms with E-state index in [1.54, 1.807) is 12.1 Å². The van der Waals surface area contributed by atoms with Crippen LogP contribution in [0.5, 0.6) is 5.75 Å². The maximum absolute atomic E-state index is 13.0. The summed E-state index contributed by atoms with van der Waals surface area (Å²) in [5, 5.41) is 16.1. The summed E-state index contributed by atoms with van der Waals surface area (Å²) in [4.78, 5) is 33.2. The molecule has 2 rings (SSSR count). The van der Waals surface area contributed by atoms with Crippen LogP contribution in [0.2, 0.25) is 0 Å². The van der Waals surface area contributed by atoms with Crippen molar-refractivity contribution in [2.75, 3.05) is 31.6 Å². The smallest absolute Gasteiger partial charge is 0.344 e. The molecule has 10 heteroatoms. The standard InChI is InChI=1S/C18H18FN3O6/c19-13-2-1-3-16(10-13)27-12-18(24)28-11-17(23)21-9-8-20-14-4-6-15(7-5-14)22(25)26/h1-7,10,20H,8-9,11-12H2,(H,21,23). The molecule has 148 valence electrons. The summed E-state index contributed by atoms with van der Waals surface area (Å²) in [6, 6.07) is 11.1. The van der Waals surface area contributed by atoms with Crippen molar-refractivity contribution in [2.24, 2.45) is 0 Å². The fourth-order valence-electron chi connectivity index (χ4n) is 2.05. The number of benzene rings is 2. The van der Waals surface area contributed by atoms with Gasteiger partial charge in [0.05, 0.1) is 4.92 Å². The molecule has 0 aromatic heterocycles. The van der Waals surface area contributed by atoms with Gasteiger partial charge in [-0.15, -0.1) is 0 Å². The Bertz CT molecular complexity index is 828. The number of nitro benzene ring substituents is 1. The minimum Gasteiger partial charge on any atom is -0.482 e. The van der Waals surface area contributed by atoms with E-state index in [-0.39, 0.29) is 18.0 Å². The van der Waals surface area contributed by atoms with Crippen molar-refractivity contribution in [2.45, 2.75) is 0 Å². The van der Waals surface area contributed by atoms with Crippen molar-refractivity contribution >= 4 is 23.3 Å². The number of esters is 1. The number of amides is 1. The Balaban J connectivity index is 1.58. The number of hydrogen-bond donors (Lipinski definition) is 2. The Kier molecular flexibility index (Phi) is 7.70. The van der Waals surface area contributed by atoms with Crippen LogP contribution < -0.4 is 15.4 Å². The van der Waals surface area contributed by atoms with E-state index in [0.717, 1.165) is 6.07 Å². The molecule has 9 nitrogen and oxygen atoms in total. The molecule has 0 spiro atoms. The molecule has 0 aliphatic rings. The Hall–Kier alpha value is -3.69. The summed E-state index contributed by atoms with van der Waals surface area (Å²) in [5.74, 6) is -1.57. The highest BCUT2D eigenvalue weighted by atomic mass is 19.1. The Labute approximate surface area is 159 Å². The van der Waals surface area contributed by atoms with Crippen molar-refractivity contribution in [1.82, 2.24) is 5.32 Å². The number of nitrogens with one attached hydrogen (secondary N) is 2. The Morgan fingerprint density at radius 3 is 2.50 bits per heavy atom. The van der Waals surface area contributed by atoms with Crippen LogP contribution in [-0.4, -0.2) is 43.1 Å². The highest BCUT2D eigenvalue weighted by molar-refractivity contribution is 5.80. The number of anilines is 1. The topological polar surface area (TPSA) is 120 Å². The van der Waals surface area contributed by atoms with Crippen LogP contribution >= 0.6 is 0 Å². The summed E-state index contributed by atoms with van der Waals surface area (Å²) in [6.07, 6.45) is 0. The van der Waals surface area contributed by atoms with Crippen LogP contribution in [0.3, 0.4) is 0 Å². The maximum atomic E-state index is 13.0. The molecule has 0 atom stereocenters. The first kappa shape index (κ1) is 20.6. The number of hydrogen-bond acceptors (Lipinski definition) is 7. The zero-order valence-corrected chi connectivity index (χ0v) is 14.7. The number of nitro groups is 1. The maximum Gasteiger partial charge on any atom is 0.344 e. The molecule has 0 aliphatic carbocycles. The number of nitrogens with zero attached hydrogens (tertiary/aromatic N) is 1. The van der Waals surface area contributed by atoms with E-state index >= 15 is 0 Å². The molecule has 0 saturated carbocycles. The van der Waals surface area contributed by atoms with Crippen molar-refractivity contribution in [3.8, 4) is 5.75 Å². The molecule has 28 heavy (non-hydrogen) atoms. The first-order chi connectivity index (χ1) is 13.4. The molecule has 1 amide bonds. The third-order valence-corrected chi connectivity index (χ3v) is 3.37. The van der Waals surface area contributed by atoms with Gasteiger partial charge in [0.1, 0.15) is 11.6 Å². The van der Waals surface area contributed by atoms with Gasteiger partial charge in [-0.25, -0.2) is 9.18 Å². The van der Waals surface area contributed by atoms with Crippen molar-refractivity contribution < 1.29 is 28.4 Å². The third-order valence-electron chi connectivity index (χ3n) is 3.37. The van der Waals surface area contributed by atoms with Gasteiger partial charge < -0.3 is 20.1 Å². The highest BCUT2D eigenvalue weighted by Gasteiger charge is 2.09. The van der Waals surface area contributed by atoms with Gasteiger partial charge in [-0.05, 0) is 24.3 Å². The van der Waals surface area contributed by atoms with Crippen molar-refractivity contribution in [1.29, 1.82) is 0 Å². The molecule has 2 aromatic rings. The predicted molar refractivity (Wildman–Crippen MR) is 97.4 cm³/mol. The molecule has 0 unspecified atom stereocenters. The molecule has 0 radical (unpaired) electrons. The van der Waals surface area contributed by atoms with E-state index in [1.165, 1.54) is 30.3 Å². The predicted octanol–water partition coefficient (Wildman–Crippen LogP) is 1.88. The summed E-state index contributed by atoms with van der Waals surface area (Å²) >= 11 is 0. The first-order valence-corrected chi connectivity index (χ1v) is 8.23. The average molecular weight is 391 g/mol. The van der Waals surface area contributed by atoms with Gasteiger partial charge in [-0.2, -0.15) is 0 Å². The zero-order valence-electron chi connectivity index (χ0n) is 14.7. The highest BCUT2D eigenvalue weighted by Crippen LogP contribution is 2.15. The van der Waals surface area contributed by atoms with E-state index in [2.05, 4.69) is 10.6 Å². The lowest BCUT2D eigenvalue weighted by Crippen LogP contribution is -2.33. The molecule has 0 fully saturated rings. The van der Waals surface area contributed by atoms with Gasteiger partial charge in [0.25, 0.3) is 11.6 Å². The summed E-state index contributed by atoms with van der Waals surface area (Å²) in [5.41, 5.74) is 0.655. The second-order valence-corrected chi connectivity index (χ2v) is 5.49. The lowest BCUT2D eigenvalue weighted by Gasteiger charge is -2.09.